The Balaban J connectivity index is 0.000000185. The van der Waals surface area contributed by atoms with Gasteiger partial charge in [0.25, 0.3) is 6.20 Å². The summed E-state index contributed by atoms with van der Waals surface area (Å²) in [6.45, 7) is 9.44. The van der Waals surface area contributed by atoms with E-state index < -0.39 is 0 Å². The summed E-state index contributed by atoms with van der Waals surface area (Å²) in [5, 5.41) is 2.24. The molecule has 0 spiro atoms. The van der Waals surface area contributed by atoms with Crippen LogP contribution in [0.2, 0.25) is 0 Å². The molecule has 0 N–H and O–H groups in total. The van der Waals surface area contributed by atoms with Crippen molar-refractivity contribution in [2.75, 3.05) is 6.54 Å². The summed E-state index contributed by atoms with van der Waals surface area (Å²) < 4.78 is 9.94. The van der Waals surface area contributed by atoms with E-state index in [-0.39, 0.29) is 20.1 Å². The Morgan fingerprint density at radius 2 is 1.79 bits per heavy atom. The topological polar surface area (TPSA) is 32.0 Å². The van der Waals surface area contributed by atoms with Crippen LogP contribution in [-0.2, 0) is 20.1 Å². The molecular weight excluding hydrogens is 647 g/mol. The Labute approximate surface area is 238 Å². The number of hydrogen-bond acceptors (Lipinski definition) is 2. The fourth-order valence-corrected chi connectivity index (χ4v) is 4.16. The van der Waals surface area contributed by atoms with Crippen LogP contribution in [0.1, 0.15) is 36.5 Å². The van der Waals surface area contributed by atoms with Crippen LogP contribution in [0, 0.1) is 32.9 Å². The molecular formula is C33H31IrN3O. The zero-order valence-corrected chi connectivity index (χ0v) is 24.6. The fourth-order valence-electron chi connectivity index (χ4n) is 4.16. The van der Waals surface area contributed by atoms with Crippen LogP contribution >= 0.6 is 0 Å². The van der Waals surface area contributed by atoms with Crippen LogP contribution < -0.4 is 0 Å². The van der Waals surface area contributed by atoms with Crippen LogP contribution in [0.5, 0.6) is 0 Å². The summed E-state index contributed by atoms with van der Waals surface area (Å²) in [6.07, 6.45) is 8.32. The van der Waals surface area contributed by atoms with Crippen molar-refractivity contribution in [3.8, 4) is 11.3 Å². The van der Waals surface area contributed by atoms with Gasteiger partial charge in [-0.2, -0.15) is 6.07 Å². The summed E-state index contributed by atoms with van der Waals surface area (Å²) in [5.41, 5.74) is 8.42. The monoisotopic (exact) mass is 678 g/mol. The largest absolute Gasteiger partial charge is 0.493 e. The van der Waals surface area contributed by atoms with Gasteiger partial charge in [0.1, 0.15) is 11.3 Å². The predicted molar refractivity (Wildman–Crippen MR) is 149 cm³/mol. The van der Waals surface area contributed by atoms with Crippen LogP contribution in [0.3, 0.4) is 0 Å². The number of rotatable bonds is 5. The Bertz CT molecular complexity index is 1670. The molecule has 3 heterocycles. The normalized spacial score (nSPS) is 12.1. The molecule has 5 heteroatoms. The van der Waals surface area contributed by atoms with E-state index >= 15 is 0 Å². The Morgan fingerprint density at radius 1 is 0.947 bits per heavy atom. The first-order chi connectivity index (χ1) is 18.0. The Morgan fingerprint density at radius 3 is 2.55 bits per heavy atom. The van der Waals surface area contributed by atoms with Gasteiger partial charge in [0, 0.05) is 38.3 Å². The van der Waals surface area contributed by atoms with Crippen molar-refractivity contribution in [2.45, 2.75) is 40.5 Å². The van der Waals surface area contributed by atoms with Crippen molar-refractivity contribution in [1.29, 1.82) is 0 Å². The molecule has 38 heavy (non-hydrogen) atoms. The molecule has 0 bridgehead atoms. The molecule has 2 aromatic heterocycles. The van der Waals surface area contributed by atoms with E-state index in [0.29, 0.717) is 0 Å². The number of unbranched alkanes of at least 4 members (excludes halogenated alkanes) is 1. The quantitative estimate of drug-likeness (QED) is 0.140. The fraction of sp³-hybridized carbons (Fsp3) is 0.212. The molecule has 0 unspecified atom stereocenters. The van der Waals surface area contributed by atoms with Gasteiger partial charge < -0.3 is 9.40 Å². The first-order valence-electron chi connectivity index (χ1n) is 12.8. The third-order valence-electron chi connectivity index (χ3n) is 6.54. The predicted octanol–water partition coefficient (Wildman–Crippen LogP) is 7.97. The third-order valence-corrected chi connectivity index (χ3v) is 6.54. The van der Waals surface area contributed by atoms with Gasteiger partial charge in [-0.25, -0.2) is 0 Å². The molecule has 5 aromatic rings. The van der Waals surface area contributed by atoms with Gasteiger partial charge in [-0.3, -0.25) is 0 Å². The van der Waals surface area contributed by atoms with Gasteiger partial charge in [0.05, 0.1) is 0 Å². The second kappa shape index (κ2) is 12.3. The standard InChI is InChI=1S/C19H17N2O.C14H14N.Ir/c1-2-3-10-20-11-12-21(14-20)15-8-9-17-16-6-4-5-7-18(16)22-19(17)13-15;1-10-4-6-13(7-5-10)14-8-11(2)12(3)9-15-14;/h4-9,11-12H,2-3,10H2,1H3;4-6,8-9H,1-3H3;/q+1;-1;. The number of fused-ring (bicyclic) bond motifs is 3. The number of aromatic nitrogens is 1. The summed E-state index contributed by atoms with van der Waals surface area (Å²) in [4.78, 5) is 4.41. The number of pyridine rings is 1. The smallest absolute Gasteiger partial charge is 0.483 e. The molecule has 0 saturated heterocycles. The van der Waals surface area contributed by atoms with Crippen molar-refractivity contribution >= 4 is 33.6 Å². The summed E-state index contributed by atoms with van der Waals surface area (Å²) in [5.74, 6) is 0. The molecule has 1 radical (unpaired) electrons. The zero-order chi connectivity index (χ0) is 25.8. The maximum absolute atomic E-state index is 5.90. The van der Waals surface area contributed by atoms with Gasteiger partial charge in [-0.05, 0) is 36.6 Å². The van der Waals surface area contributed by atoms with Crippen molar-refractivity contribution in [1.82, 2.24) is 4.98 Å². The molecule has 0 saturated carbocycles. The molecule has 1 aliphatic rings. The Hall–Kier alpha value is -3.62. The van der Waals surface area contributed by atoms with Crippen molar-refractivity contribution in [3.05, 3.63) is 108 Å². The number of furan rings is 1. The van der Waals surface area contributed by atoms with E-state index in [4.69, 9.17) is 4.42 Å². The van der Waals surface area contributed by atoms with Gasteiger partial charge in [0.15, 0.2) is 6.54 Å². The average molecular weight is 678 g/mol. The summed E-state index contributed by atoms with van der Waals surface area (Å²) >= 11 is 0. The first-order valence-corrected chi connectivity index (χ1v) is 12.8. The average Bonchev–Trinajstić information content (AvgIpc) is 3.54. The molecule has 3 aromatic carbocycles. The minimum absolute atomic E-state index is 0. The zero-order valence-electron chi connectivity index (χ0n) is 22.2. The van der Waals surface area contributed by atoms with Gasteiger partial charge >= 0.3 is 6.01 Å². The van der Waals surface area contributed by atoms with E-state index in [9.17, 15) is 0 Å². The first kappa shape index (κ1) is 27.4. The second-order valence-electron chi connectivity index (χ2n) is 9.43. The summed E-state index contributed by atoms with van der Waals surface area (Å²) in [6, 6.07) is 30.4. The molecule has 1 aliphatic heterocycles. The Kier molecular flexibility index (Phi) is 8.86. The number of nitrogens with zero attached hydrogens (tertiary/aromatic N) is 3. The SMILES string of the molecule is CCCC[N+]1=C=[N+](c2[c-]c3oc4ccccc4c3cc2)C=C1.Cc1c[c-]c(-c2cc(C)c(C)cn2)cc1.[Ir]. The third kappa shape index (κ3) is 6.09. The number of benzene rings is 3. The minimum Gasteiger partial charge on any atom is -0.483 e. The number of aryl methyl sites for hydroxylation is 3. The maximum atomic E-state index is 5.90. The van der Waals surface area contributed by atoms with E-state index in [0.717, 1.165) is 51.8 Å². The molecule has 193 valence electrons. The van der Waals surface area contributed by atoms with E-state index in [1.807, 2.05) is 47.4 Å². The minimum atomic E-state index is 0. The van der Waals surface area contributed by atoms with Crippen LogP contribution in [0.4, 0.5) is 5.69 Å². The molecule has 0 fully saturated rings. The molecule has 0 aliphatic carbocycles. The van der Waals surface area contributed by atoms with Crippen LogP contribution in [0.25, 0.3) is 33.2 Å². The second-order valence-corrected chi connectivity index (χ2v) is 9.43. The number of hydrogen-bond donors (Lipinski definition) is 0. The maximum Gasteiger partial charge on any atom is 0.493 e. The van der Waals surface area contributed by atoms with E-state index in [1.165, 1.54) is 23.1 Å². The van der Waals surface area contributed by atoms with E-state index in [2.05, 4.69) is 91.8 Å². The molecule has 6 rings (SSSR count). The molecule has 0 atom stereocenters. The van der Waals surface area contributed by atoms with Crippen molar-refractivity contribution < 1.29 is 33.7 Å². The van der Waals surface area contributed by atoms with Crippen molar-refractivity contribution in [3.63, 3.8) is 0 Å². The number of para-hydroxylation sites is 1. The summed E-state index contributed by atoms with van der Waals surface area (Å²) in [7, 11) is 0. The molecule has 4 nitrogen and oxygen atoms in total. The van der Waals surface area contributed by atoms with Crippen LogP contribution in [-0.4, -0.2) is 26.7 Å². The van der Waals surface area contributed by atoms with Gasteiger partial charge in [-0.1, -0.05) is 76.8 Å². The van der Waals surface area contributed by atoms with Crippen LogP contribution in [0.15, 0.2) is 83.7 Å². The van der Waals surface area contributed by atoms with Gasteiger partial charge in [-0.15, -0.1) is 35.4 Å². The van der Waals surface area contributed by atoms with E-state index in [1.54, 1.807) is 0 Å². The van der Waals surface area contributed by atoms with Crippen molar-refractivity contribution in [2.24, 2.45) is 0 Å². The molecule has 0 amide bonds. The van der Waals surface area contributed by atoms with Gasteiger partial charge in [0.2, 0.25) is 6.20 Å².